The third-order valence-corrected chi connectivity index (χ3v) is 4.17. The minimum atomic E-state index is -5.55. The van der Waals surface area contributed by atoms with Crippen LogP contribution in [0.3, 0.4) is 0 Å². The number of rotatable bonds is 5. The second-order valence-electron chi connectivity index (χ2n) is 5.76. The van der Waals surface area contributed by atoms with Gasteiger partial charge in [0.25, 0.3) is 0 Å². The lowest BCUT2D eigenvalue weighted by molar-refractivity contribution is -0.244. The highest BCUT2D eigenvalue weighted by atomic mass is 19.3. The monoisotopic (exact) mass is 348 g/mol. The van der Waals surface area contributed by atoms with Gasteiger partial charge in [-0.3, -0.25) is 0 Å². The van der Waals surface area contributed by atoms with Gasteiger partial charge in [0.1, 0.15) is 5.60 Å². The molecule has 0 radical (unpaired) electrons. The van der Waals surface area contributed by atoms with Gasteiger partial charge in [-0.25, -0.2) is 9.59 Å². The van der Waals surface area contributed by atoms with Crippen molar-refractivity contribution >= 4 is 11.9 Å². The minimum Gasteiger partial charge on any atom is -0.477 e. The maximum absolute atomic E-state index is 13.7. The van der Waals surface area contributed by atoms with Crippen LogP contribution in [0.1, 0.15) is 37.7 Å². The molecule has 0 heterocycles. The van der Waals surface area contributed by atoms with Gasteiger partial charge in [0, 0.05) is 0 Å². The van der Waals surface area contributed by atoms with Gasteiger partial charge in [-0.1, -0.05) is 36.8 Å². The lowest BCUT2D eigenvalue weighted by atomic mass is 9.79. The summed E-state index contributed by atoms with van der Waals surface area (Å²) in [5.74, 6) is -16.6. The van der Waals surface area contributed by atoms with E-state index in [4.69, 9.17) is 9.84 Å². The summed E-state index contributed by atoms with van der Waals surface area (Å²) in [6, 6.07) is 8.03. The number of halogens is 4. The number of hydrogen-bond acceptors (Lipinski definition) is 3. The van der Waals surface area contributed by atoms with E-state index in [9.17, 15) is 27.2 Å². The van der Waals surface area contributed by atoms with Crippen molar-refractivity contribution in [3.8, 4) is 0 Å². The lowest BCUT2D eigenvalue weighted by Crippen LogP contribution is -2.54. The summed E-state index contributed by atoms with van der Waals surface area (Å²) in [5, 5.41) is 8.28. The highest BCUT2D eigenvalue weighted by Crippen LogP contribution is 2.44. The van der Waals surface area contributed by atoms with Crippen molar-refractivity contribution in [1.82, 2.24) is 0 Å². The molecule has 0 atom stereocenters. The summed E-state index contributed by atoms with van der Waals surface area (Å²) in [7, 11) is 0. The number of carboxylic acid groups (broad SMARTS) is 1. The molecular formula is C16H16F4O4. The van der Waals surface area contributed by atoms with Crippen molar-refractivity contribution in [1.29, 1.82) is 0 Å². The van der Waals surface area contributed by atoms with Crippen LogP contribution in [0.5, 0.6) is 0 Å². The van der Waals surface area contributed by atoms with Gasteiger partial charge in [0.15, 0.2) is 0 Å². The van der Waals surface area contributed by atoms with Crippen molar-refractivity contribution in [2.45, 2.75) is 49.6 Å². The molecular weight excluding hydrogens is 332 g/mol. The fourth-order valence-electron chi connectivity index (χ4n) is 2.82. The summed E-state index contributed by atoms with van der Waals surface area (Å²) in [6.45, 7) is 0. The minimum absolute atomic E-state index is 0.206. The summed E-state index contributed by atoms with van der Waals surface area (Å²) in [4.78, 5) is 22.1. The summed E-state index contributed by atoms with van der Waals surface area (Å²) < 4.78 is 58.6. The van der Waals surface area contributed by atoms with Crippen molar-refractivity contribution < 1.29 is 37.0 Å². The molecule has 4 nitrogen and oxygen atoms in total. The van der Waals surface area contributed by atoms with Crippen LogP contribution in [0.25, 0.3) is 0 Å². The van der Waals surface area contributed by atoms with Crippen LogP contribution in [0.15, 0.2) is 30.3 Å². The van der Waals surface area contributed by atoms with Gasteiger partial charge < -0.3 is 9.84 Å². The van der Waals surface area contributed by atoms with Gasteiger partial charge in [0.2, 0.25) is 0 Å². The normalized spacial score (nSPS) is 18.0. The van der Waals surface area contributed by atoms with Gasteiger partial charge in [-0.15, -0.1) is 0 Å². The fourth-order valence-corrected chi connectivity index (χ4v) is 2.82. The summed E-state index contributed by atoms with van der Waals surface area (Å²) in [5.41, 5.74) is -1.03. The molecule has 0 aromatic heterocycles. The van der Waals surface area contributed by atoms with Crippen LogP contribution in [-0.4, -0.2) is 28.9 Å². The van der Waals surface area contributed by atoms with Crippen LogP contribution < -0.4 is 0 Å². The van der Waals surface area contributed by atoms with Crippen LogP contribution in [0, 0.1) is 0 Å². The van der Waals surface area contributed by atoms with Gasteiger partial charge in [-0.2, -0.15) is 17.6 Å². The lowest BCUT2D eigenvalue weighted by Gasteiger charge is -2.38. The van der Waals surface area contributed by atoms with E-state index in [1.807, 2.05) is 0 Å². The van der Waals surface area contributed by atoms with E-state index in [0.29, 0.717) is 18.4 Å². The zero-order chi connectivity index (χ0) is 18.0. The first-order chi connectivity index (χ1) is 11.1. The first kappa shape index (κ1) is 18.2. The Morgan fingerprint density at radius 2 is 1.50 bits per heavy atom. The molecule has 1 aromatic carbocycles. The SMILES string of the molecule is O=C(O)C(F)(F)C(F)(F)C(=O)OC1(c2ccccc2)CCCCC1. The third kappa shape index (κ3) is 3.09. The first-order valence-electron chi connectivity index (χ1n) is 7.41. The molecule has 0 saturated heterocycles. The average Bonchev–Trinajstić information content (AvgIpc) is 2.56. The number of esters is 1. The Balaban J connectivity index is 2.34. The molecule has 24 heavy (non-hydrogen) atoms. The van der Waals surface area contributed by atoms with Crippen molar-refractivity contribution in [3.05, 3.63) is 35.9 Å². The van der Waals surface area contributed by atoms with E-state index in [0.717, 1.165) is 6.42 Å². The highest BCUT2D eigenvalue weighted by Gasteiger charge is 2.69. The zero-order valence-electron chi connectivity index (χ0n) is 12.6. The Morgan fingerprint density at radius 1 is 0.958 bits per heavy atom. The van der Waals surface area contributed by atoms with Crippen LogP contribution >= 0.6 is 0 Å². The number of aliphatic carboxylic acids is 1. The molecule has 1 aliphatic carbocycles. The molecule has 1 N–H and O–H groups in total. The first-order valence-corrected chi connectivity index (χ1v) is 7.41. The number of carbonyl (C=O) groups excluding carboxylic acids is 1. The molecule has 1 fully saturated rings. The van der Waals surface area contributed by atoms with Gasteiger partial charge in [0.05, 0.1) is 0 Å². The molecule has 0 aliphatic heterocycles. The molecule has 132 valence electrons. The maximum atomic E-state index is 13.7. The Hall–Kier alpha value is -2.12. The molecule has 2 rings (SSSR count). The van der Waals surface area contributed by atoms with Crippen LogP contribution in [0.4, 0.5) is 17.6 Å². The number of carboxylic acids is 1. The predicted molar refractivity (Wildman–Crippen MR) is 74.8 cm³/mol. The quantitative estimate of drug-likeness (QED) is 0.650. The molecule has 0 amide bonds. The topological polar surface area (TPSA) is 63.6 Å². The molecule has 0 unspecified atom stereocenters. The molecule has 1 saturated carbocycles. The van der Waals surface area contributed by atoms with E-state index in [1.54, 1.807) is 30.3 Å². The van der Waals surface area contributed by atoms with E-state index in [2.05, 4.69) is 0 Å². The fraction of sp³-hybridized carbons (Fsp3) is 0.500. The molecule has 1 aromatic rings. The number of carbonyl (C=O) groups is 2. The molecule has 0 spiro atoms. The Labute approximate surface area is 135 Å². The number of benzene rings is 1. The van der Waals surface area contributed by atoms with E-state index in [1.165, 1.54) is 0 Å². The van der Waals surface area contributed by atoms with Crippen LogP contribution in [0.2, 0.25) is 0 Å². The Morgan fingerprint density at radius 3 is 2.00 bits per heavy atom. The van der Waals surface area contributed by atoms with Gasteiger partial charge in [-0.05, 0) is 31.2 Å². The van der Waals surface area contributed by atoms with E-state index < -0.39 is 29.4 Å². The number of hydrogen-bond donors (Lipinski definition) is 1. The second-order valence-corrected chi connectivity index (χ2v) is 5.76. The van der Waals surface area contributed by atoms with E-state index in [-0.39, 0.29) is 12.8 Å². The maximum Gasteiger partial charge on any atom is 0.415 e. The standard InChI is InChI=1S/C16H16F4O4/c17-15(18,12(21)22)16(19,20)13(23)24-14(9-5-2-6-10-14)11-7-3-1-4-8-11/h1,3-4,7-8H,2,5-6,9-10H2,(H,21,22). The summed E-state index contributed by atoms with van der Waals surface area (Å²) >= 11 is 0. The predicted octanol–water partition coefficient (Wildman–Crippen LogP) is 3.74. The third-order valence-electron chi connectivity index (χ3n) is 4.17. The smallest absolute Gasteiger partial charge is 0.415 e. The number of alkyl halides is 4. The average molecular weight is 348 g/mol. The molecule has 1 aliphatic rings. The Kier molecular flexibility index (Phi) is 4.87. The molecule has 8 heteroatoms. The van der Waals surface area contributed by atoms with Crippen LogP contribution in [-0.2, 0) is 19.9 Å². The van der Waals surface area contributed by atoms with Gasteiger partial charge >= 0.3 is 23.8 Å². The summed E-state index contributed by atoms with van der Waals surface area (Å²) in [6.07, 6.45) is 2.36. The van der Waals surface area contributed by atoms with Crippen molar-refractivity contribution in [3.63, 3.8) is 0 Å². The molecule has 0 bridgehead atoms. The van der Waals surface area contributed by atoms with E-state index >= 15 is 0 Å². The Bertz CT molecular complexity index is 610. The largest absolute Gasteiger partial charge is 0.477 e. The zero-order valence-corrected chi connectivity index (χ0v) is 12.6. The highest BCUT2D eigenvalue weighted by molar-refractivity contribution is 5.89. The van der Waals surface area contributed by atoms with Crippen molar-refractivity contribution in [2.24, 2.45) is 0 Å². The van der Waals surface area contributed by atoms with Crippen molar-refractivity contribution in [2.75, 3.05) is 0 Å². The second kappa shape index (κ2) is 6.41. The number of ether oxygens (including phenoxy) is 1.